The smallest absolute Gasteiger partial charge is 0.272 e. The number of nitrogens with one attached hydrogen (secondary N) is 1. The molecule has 0 radical (unpaired) electrons. The molecule has 1 aromatic carbocycles. The zero-order valence-corrected chi connectivity index (χ0v) is 19.1. The summed E-state index contributed by atoms with van der Waals surface area (Å²) in [6, 6.07) is 8.77. The van der Waals surface area contributed by atoms with Crippen LogP contribution in [0.25, 0.3) is 0 Å². The highest BCUT2D eigenvalue weighted by Gasteiger charge is 2.55. The largest absolute Gasteiger partial charge is 0.490 e. The summed E-state index contributed by atoms with van der Waals surface area (Å²) in [5, 5.41) is 7.49. The van der Waals surface area contributed by atoms with Gasteiger partial charge in [-0.3, -0.25) is 19.1 Å². The Labute approximate surface area is 187 Å². The molecule has 170 valence electrons. The van der Waals surface area contributed by atoms with Crippen LogP contribution >= 0.6 is 0 Å². The van der Waals surface area contributed by atoms with Crippen molar-refractivity contribution in [3.8, 4) is 5.75 Å². The molecule has 0 saturated carbocycles. The normalized spacial score (nSPS) is 22.4. The van der Waals surface area contributed by atoms with Crippen molar-refractivity contribution >= 4 is 17.7 Å². The Kier molecular flexibility index (Phi) is 5.44. The summed E-state index contributed by atoms with van der Waals surface area (Å²) in [5.41, 5.74) is 0.656. The van der Waals surface area contributed by atoms with Gasteiger partial charge in [0, 0.05) is 34.2 Å². The molecule has 1 spiro atoms. The summed E-state index contributed by atoms with van der Waals surface area (Å²) in [6.45, 7) is 4.47. The Morgan fingerprint density at radius 1 is 1.28 bits per heavy atom. The van der Waals surface area contributed by atoms with Crippen LogP contribution in [0.4, 0.5) is 0 Å². The molecule has 4 rings (SSSR count). The summed E-state index contributed by atoms with van der Waals surface area (Å²) in [5.74, 6) is -0.692. The van der Waals surface area contributed by atoms with Gasteiger partial charge < -0.3 is 19.9 Å². The van der Waals surface area contributed by atoms with Crippen LogP contribution in [0.1, 0.15) is 46.3 Å². The first kappa shape index (κ1) is 21.9. The van der Waals surface area contributed by atoms with Gasteiger partial charge in [-0.2, -0.15) is 5.10 Å². The molecule has 2 atom stereocenters. The van der Waals surface area contributed by atoms with Crippen LogP contribution in [-0.2, 0) is 11.8 Å². The lowest BCUT2D eigenvalue weighted by molar-refractivity contribution is -0.134. The van der Waals surface area contributed by atoms with Crippen molar-refractivity contribution in [3.05, 3.63) is 47.3 Å². The first-order valence-corrected chi connectivity index (χ1v) is 10.7. The van der Waals surface area contributed by atoms with E-state index in [0.29, 0.717) is 17.0 Å². The third-order valence-corrected chi connectivity index (χ3v) is 6.26. The number of likely N-dealkylation sites (tertiary alicyclic amines) is 1. The van der Waals surface area contributed by atoms with Gasteiger partial charge in [0.15, 0.2) is 0 Å². The molecule has 9 heteroatoms. The van der Waals surface area contributed by atoms with E-state index < -0.39 is 11.5 Å². The summed E-state index contributed by atoms with van der Waals surface area (Å²) in [4.78, 5) is 42.7. The highest BCUT2D eigenvalue weighted by molar-refractivity contribution is 5.99. The standard InChI is InChI=1S/C23H29N5O4/c1-14(2)17-10-18(27(5)25-17)22(31)28-11-16(21(30)26(3)4)23(12-28)13-32-19-9-7-6-8-15(19)20(29)24-23/h6-10,14,16H,11-13H2,1-5H3,(H,24,29)/t16-,23-/m1/s1. The van der Waals surface area contributed by atoms with E-state index in [0.717, 1.165) is 5.69 Å². The van der Waals surface area contributed by atoms with Crippen LogP contribution in [0.3, 0.4) is 0 Å². The van der Waals surface area contributed by atoms with Crippen LogP contribution in [0.5, 0.6) is 5.75 Å². The highest BCUT2D eigenvalue weighted by atomic mass is 16.5. The Morgan fingerprint density at radius 2 is 2.00 bits per heavy atom. The fourth-order valence-electron chi connectivity index (χ4n) is 4.41. The van der Waals surface area contributed by atoms with Gasteiger partial charge in [0.1, 0.15) is 23.6 Å². The monoisotopic (exact) mass is 439 g/mol. The number of rotatable bonds is 3. The van der Waals surface area contributed by atoms with Crippen molar-refractivity contribution in [2.24, 2.45) is 13.0 Å². The van der Waals surface area contributed by atoms with Crippen LogP contribution in [0.2, 0.25) is 0 Å². The Balaban J connectivity index is 1.69. The predicted molar refractivity (Wildman–Crippen MR) is 118 cm³/mol. The molecule has 3 heterocycles. The van der Waals surface area contributed by atoms with Gasteiger partial charge in [0.2, 0.25) is 5.91 Å². The SMILES string of the molecule is CC(C)c1cc(C(=O)N2C[C@H](C(=O)N(C)C)[C@]3(COc4ccccc4C(=O)N3)C2)n(C)n1. The fraction of sp³-hybridized carbons (Fsp3) is 0.478. The van der Waals surface area contributed by atoms with E-state index in [-0.39, 0.29) is 43.3 Å². The third kappa shape index (κ3) is 3.61. The van der Waals surface area contributed by atoms with Crippen molar-refractivity contribution in [2.75, 3.05) is 33.8 Å². The third-order valence-electron chi connectivity index (χ3n) is 6.26. The molecule has 2 aliphatic rings. The zero-order valence-electron chi connectivity index (χ0n) is 19.1. The van der Waals surface area contributed by atoms with Crippen LogP contribution in [-0.4, -0.2) is 76.6 Å². The lowest BCUT2D eigenvalue weighted by atomic mass is 9.86. The second-order valence-electron chi connectivity index (χ2n) is 9.10. The quantitative estimate of drug-likeness (QED) is 0.777. The number of carbonyl (C=O) groups excluding carboxylic acids is 3. The molecular weight excluding hydrogens is 410 g/mol. The molecule has 3 amide bonds. The van der Waals surface area contributed by atoms with Gasteiger partial charge in [-0.1, -0.05) is 26.0 Å². The first-order valence-electron chi connectivity index (χ1n) is 10.7. The lowest BCUT2D eigenvalue weighted by Gasteiger charge is -2.33. The molecule has 0 aliphatic carbocycles. The predicted octanol–water partition coefficient (Wildman–Crippen LogP) is 1.26. The maximum absolute atomic E-state index is 13.4. The number of nitrogens with zero attached hydrogens (tertiary/aromatic N) is 4. The fourth-order valence-corrected chi connectivity index (χ4v) is 4.41. The first-order chi connectivity index (χ1) is 15.1. The minimum atomic E-state index is -1.04. The van der Waals surface area contributed by atoms with Crippen molar-refractivity contribution in [2.45, 2.75) is 25.3 Å². The number of para-hydroxylation sites is 1. The van der Waals surface area contributed by atoms with E-state index in [1.165, 1.54) is 4.90 Å². The average molecular weight is 440 g/mol. The molecule has 2 aromatic rings. The van der Waals surface area contributed by atoms with Gasteiger partial charge in [0.25, 0.3) is 11.8 Å². The molecule has 0 unspecified atom stereocenters. The average Bonchev–Trinajstić information content (AvgIpc) is 3.28. The number of fused-ring (bicyclic) bond motifs is 1. The topological polar surface area (TPSA) is 96.8 Å². The number of aryl methyl sites for hydroxylation is 1. The van der Waals surface area contributed by atoms with Gasteiger partial charge in [-0.15, -0.1) is 0 Å². The van der Waals surface area contributed by atoms with Crippen LogP contribution in [0, 0.1) is 5.92 Å². The zero-order chi connectivity index (χ0) is 23.2. The minimum absolute atomic E-state index is 0.0897. The summed E-state index contributed by atoms with van der Waals surface area (Å²) < 4.78 is 7.57. The number of benzene rings is 1. The van der Waals surface area contributed by atoms with Gasteiger partial charge >= 0.3 is 0 Å². The number of ether oxygens (including phenoxy) is 1. The Morgan fingerprint density at radius 3 is 2.66 bits per heavy atom. The van der Waals surface area contributed by atoms with Crippen molar-refractivity contribution in [3.63, 3.8) is 0 Å². The van der Waals surface area contributed by atoms with E-state index in [2.05, 4.69) is 10.4 Å². The summed E-state index contributed by atoms with van der Waals surface area (Å²) >= 11 is 0. The second kappa shape index (κ2) is 7.96. The second-order valence-corrected chi connectivity index (χ2v) is 9.10. The van der Waals surface area contributed by atoms with Gasteiger partial charge in [-0.25, -0.2) is 0 Å². The molecule has 9 nitrogen and oxygen atoms in total. The molecule has 1 N–H and O–H groups in total. The number of hydrogen-bond acceptors (Lipinski definition) is 5. The molecular formula is C23H29N5O4. The molecule has 0 bridgehead atoms. The van der Waals surface area contributed by atoms with E-state index in [9.17, 15) is 14.4 Å². The molecule has 1 saturated heterocycles. The van der Waals surface area contributed by atoms with Gasteiger partial charge in [0.05, 0.1) is 17.2 Å². The number of carbonyl (C=O) groups is 3. The van der Waals surface area contributed by atoms with Crippen molar-refractivity contribution in [1.29, 1.82) is 0 Å². The van der Waals surface area contributed by atoms with E-state index >= 15 is 0 Å². The molecule has 1 aromatic heterocycles. The maximum Gasteiger partial charge on any atom is 0.272 e. The van der Waals surface area contributed by atoms with E-state index in [1.807, 2.05) is 13.8 Å². The number of aromatic nitrogens is 2. The van der Waals surface area contributed by atoms with Crippen LogP contribution < -0.4 is 10.1 Å². The minimum Gasteiger partial charge on any atom is -0.490 e. The van der Waals surface area contributed by atoms with Crippen molar-refractivity contribution in [1.82, 2.24) is 24.9 Å². The summed E-state index contributed by atoms with van der Waals surface area (Å²) in [7, 11) is 5.08. The summed E-state index contributed by atoms with van der Waals surface area (Å²) in [6.07, 6.45) is 0. The maximum atomic E-state index is 13.4. The molecule has 32 heavy (non-hydrogen) atoms. The lowest BCUT2D eigenvalue weighted by Crippen LogP contribution is -2.60. The van der Waals surface area contributed by atoms with Crippen LogP contribution in [0.15, 0.2) is 30.3 Å². The number of hydrogen-bond donors (Lipinski definition) is 1. The number of amides is 3. The van der Waals surface area contributed by atoms with Crippen molar-refractivity contribution < 1.29 is 19.1 Å². The molecule has 1 fully saturated rings. The Hall–Kier alpha value is -3.36. The highest BCUT2D eigenvalue weighted by Crippen LogP contribution is 2.35. The molecule has 2 aliphatic heterocycles. The van der Waals surface area contributed by atoms with E-state index in [1.54, 1.807) is 61.1 Å². The van der Waals surface area contributed by atoms with Gasteiger partial charge in [-0.05, 0) is 24.1 Å². The Bertz CT molecular complexity index is 1080. The van der Waals surface area contributed by atoms with E-state index in [4.69, 9.17) is 4.74 Å².